The number of allylic oxidation sites excluding steroid dienone is 4. The zero-order chi connectivity index (χ0) is 29.8. The monoisotopic (exact) mass is 564 g/mol. The van der Waals surface area contributed by atoms with E-state index in [0.717, 1.165) is 44.9 Å². The minimum atomic E-state index is -0.656. The minimum absolute atomic E-state index is 0.0142. The number of rotatable bonds is 15. The van der Waals surface area contributed by atoms with Crippen LogP contribution in [0.25, 0.3) is 22.3 Å². The summed E-state index contributed by atoms with van der Waals surface area (Å²) in [4.78, 5) is 26.5. The highest BCUT2D eigenvalue weighted by atomic mass is 16.5. The molecule has 2 aromatic carbocycles. The van der Waals surface area contributed by atoms with Crippen molar-refractivity contribution in [3.05, 3.63) is 64.9 Å². The van der Waals surface area contributed by atoms with Crippen molar-refractivity contribution < 1.29 is 34.0 Å². The van der Waals surface area contributed by atoms with Crippen LogP contribution in [0.15, 0.2) is 63.8 Å². The predicted molar refractivity (Wildman–Crippen MR) is 160 cm³/mol. The Morgan fingerprint density at radius 3 is 2.39 bits per heavy atom. The van der Waals surface area contributed by atoms with Gasteiger partial charge in [0.15, 0.2) is 17.3 Å². The van der Waals surface area contributed by atoms with Crippen molar-refractivity contribution in [1.82, 2.24) is 0 Å². The van der Waals surface area contributed by atoms with Gasteiger partial charge in [0.05, 0.1) is 6.10 Å². The van der Waals surface area contributed by atoms with E-state index in [9.17, 15) is 24.9 Å². The van der Waals surface area contributed by atoms with Crippen LogP contribution in [0.1, 0.15) is 78.6 Å². The molecule has 0 saturated heterocycles. The zero-order valence-electron chi connectivity index (χ0n) is 24.0. The number of phenolic OH excluding ortho intramolecular Hbond substituents is 3. The summed E-state index contributed by atoms with van der Waals surface area (Å²) in [6, 6.07) is 6.41. The van der Waals surface area contributed by atoms with Gasteiger partial charge in [0.2, 0.25) is 11.2 Å². The first-order valence-electron chi connectivity index (χ1n) is 14.2. The highest BCUT2D eigenvalue weighted by Crippen LogP contribution is 2.39. The van der Waals surface area contributed by atoms with Gasteiger partial charge in [-0.2, -0.15) is 0 Å². The first-order valence-corrected chi connectivity index (χ1v) is 14.2. The summed E-state index contributed by atoms with van der Waals surface area (Å²) < 4.78 is 17.3. The molecule has 0 aliphatic rings. The second-order valence-corrected chi connectivity index (χ2v) is 10.1. The second kappa shape index (κ2) is 15.6. The summed E-state index contributed by atoms with van der Waals surface area (Å²) in [7, 11) is 0. The van der Waals surface area contributed by atoms with Crippen molar-refractivity contribution in [2.75, 3.05) is 0 Å². The fraction of sp³-hybridized carbons (Fsp3) is 0.394. The van der Waals surface area contributed by atoms with Gasteiger partial charge in [-0.25, -0.2) is 0 Å². The van der Waals surface area contributed by atoms with E-state index < -0.39 is 17.1 Å². The summed E-state index contributed by atoms with van der Waals surface area (Å²) in [5.74, 6) is -1.95. The molecule has 0 atom stereocenters. The number of hydrogen-bond acceptors (Lipinski definition) is 8. The quantitative estimate of drug-likeness (QED) is 0.0735. The fourth-order valence-electron chi connectivity index (χ4n) is 4.33. The van der Waals surface area contributed by atoms with Crippen LogP contribution in [0.2, 0.25) is 0 Å². The van der Waals surface area contributed by atoms with Crippen molar-refractivity contribution in [3.63, 3.8) is 0 Å². The maximum Gasteiger partial charge on any atom is 0.311 e. The van der Waals surface area contributed by atoms with E-state index >= 15 is 0 Å². The lowest BCUT2D eigenvalue weighted by Crippen LogP contribution is -2.17. The lowest BCUT2D eigenvalue weighted by atomic mass is 10.1. The summed E-state index contributed by atoms with van der Waals surface area (Å²) >= 11 is 0. The van der Waals surface area contributed by atoms with Crippen LogP contribution in [-0.2, 0) is 4.79 Å². The number of aromatic hydroxyl groups is 3. The number of carbonyl (C=O) groups is 1. The normalized spacial score (nSPS) is 11.7. The van der Waals surface area contributed by atoms with Crippen molar-refractivity contribution in [1.29, 1.82) is 0 Å². The van der Waals surface area contributed by atoms with Crippen LogP contribution in [0.3, 0.4) is 0 Å². The predicted octanol–water partition coefficient (Wildman–Crippen LogP) is 7.91. The number of carbonyl (C=O) groups excluding carboxylic acids is 1. The Labute approximate surface area is 240 Å². The molecule has 8 heteroatoms. The number of esters is 1. The maximum atomic E-state index is 13.7. The molecule has 0 saturated carbocycles. The molecular formula is C33H40O8. The smallest absolute Gasteiger partial charge is 0.311 e. The molecule has 0 bridgehead atoms. The van der Waals surface area contributed by atoms with E-state index in [0.29, 0.717) is 6.42 Å². The van der Waals surface area contributed by atoms with Crippen molar-refractivity contribution in [2.24, 2.45) is 0 Å². The Morgan fingerprint density at radius 1 is 0.927 bits per heavy atom. The van der Waals surface area contributed by atoms with E-state index in [1.807, 2.05) is 0 Å². The molecule has 0 spiro atoms. The molecule has 3 rings (SSSR count). The van der Waals surface area contributed by atoms with Crippen LogP contribution < -0.4 is 14.9 Å². The topological polar surface area (TPSA) is 126 Å². The summed E-state index contributed by atoms with van der Waals surface area (Å²) in [6.45, 7) is 5.66. The van der Waals surface area contributed by atoms with Gasteiger partial charge in [0.1, 0.15) is 22.5 Å². The van der Waals surface area contributed by atoms with Gasteiger partial charge in [0, 0.05) is 24.1 Å². The molecule has 0 aliphatic carbocycles. The third kappa shape index (κ3) is 9.17. The van der Waals surface area contributed by atoms with Gasteiger partial charge in [0.25, 0.3) is 0 Å². The molecule has 0 fully saturated rings. The third-order valence-corrected chi connectivity index (χ3v) is 6.31. The standard InChI is InChI=1S/C33H40O8/c1-4-5-6-7-8-9-10-11-12-13-14-15-16-29(37)41-33-31(38)30-27(39-22(2)3)20-24(34)21-28(30)40-32(33)23-17-18-25(35)26(36)19-23/h5-6,8-9,17-22,34-36H,4,7,10-16H2,1-3H3/b6-5-,9-8-. The number of hydrogen-bond donors (Lipinski definition) is 3. The Morgan fingerprint density at radius 2 is 1.66 bits per heavy atom. The Balaban J connectivity index is 1.73. The number of unbranched alkanes of at least 4 members (excludes halogenated alkanes) is 5. The SMILES string of the molecule is CC/C=C\C/C=C\CCCCCCCC(=O)Oc1c(-c2ccc(O)c(O)c2)oc2cc(O)cc(OC(C)C)c2c1=O. The lowest BCUT2D eigenvalue weighted by molar-refractivity contribution is -0.134. The first kappa shape index (κ1) is 31.3. The van der Waals surface area contributed by atoms with Crippen molar-refractivity contribution in [3.8, 4) is 40.1 Å². The van der Waals surface area contributed by atoms with Crippen LogP contribution in [-0.4, -0.2) is 27.4 Å². The summed E-state index contributed by atoms with van der Waals surface area (Å²) in [5.41, 5.74) is -0.441. The van der Waals surface area contributed by atoms with E-state index in [4.69, 9.17) is 13.9 Å². The van der Waals surface area contributed by atoms with Gasteiger partial charge in [-0.1, -0.05) is 50.5 Å². The van der Waals surface area contributed by atoms with Crippen LogP contribution in [0.4, 0.5) is 0 Å². The average molecular weight is 565 g/mol. The van der Waals surface area contributed by atoms with Gasteiger partial charge in [-0.05, 0) is 64.2 Å². The third-order valence-electron chi connectivity index (χ3n) is 6.31. The molecule has 41 heavy (non-hydrogen) atoms. The van der Waals surface area contributed by atoms with Gasteiger partial charge in [-0.15, -0.1) is 0 Å². The Kier molecular flexibility index (Phi) is 11.9. The lowest BCUT2D eigenvalue weighted by Gasteiger charge is -2.15. The highest BCUT2D eigenvalue weighted by Gasteiger charge is 2.24. The molecule has 0 unspecified atom stereocenters. The number of benzene rings is 2. The molecule has 3 aromatic rings. The molecule has 3 N–H and O–H groups in total. The van der Waals surface area contributed by atoms with E-state index in [2.05, 4.69) is 31.2 Å². The van der Waals surface area contributed by atoms with Crippen LogP contribution >= 0.6 is 0 Å². The van der Waals surface area contributed by atoms with Crippen LogP contribution in [0.5, 0.6) is 28.7 Å². The number of phenols is 3. The average Bonchev–Trinajstić information content (AvgIpc) is 2.91. The highest BCUT2D eigenvalue weighted by molar-refractivity contribution is 5.89. The van der Waals surface area contributed by atoms with Gasteiger partial charge >= 0.3 is 5.97 Å². The molecule has 0 radical (unpaired) electrons. The fourth-order valence-corrected chi connectivity index (χ4v) is 4.33. The Bertz CT molecular complexity index is 1430. The van der Waals surface area contributed by atoms with Crippen molar-refractivity contribution >= 4 is 16.9 Å². The van der Waals surface area contributed by atoms with Gasteiger partial charge < -0.3 is 29.2 Å². The van der Waals surface area contributed by atoms with Crippen LogP contribution in [0, 0.1) is 0 Å². The first-order chi connectivity index (χ1) is 19.7. The molecule has 1 heterocycles. The second-order valence-electron chi connectivity index (χ2n) is 10.1. The molecule has 1 aromatic heterocycles. The van der Waals surface area contributed by atoms with E-state index in [1.165, 1.54) is 30.3 Å². The summed E-state index contributed by atoms with van der Waals surface area (Å²) in [5, 5.41) is 30.0. The van der Waals surface area contributed by atoms with E-state index in [1.54, 1.807) is 13.8 Å². The van der Waals surface area contributed by atoms with Crippen molar-refractivity contribution in [2.45, 2.75) is 84.7 Å². The maximum absolute atomic E-state index is 13.7. The zero-order valence-corrected chi connectivity index (χ0v) is 24.0. The molecular weight excluding hydrogens is 524 g/mol. The number of fused-ring (bicyclic) bond motifs is 1. The molecule has 0 aliphatic heterocycles. The molecule has 8 nitrogen and oxygen atoms in total. The van der Waals surface area contributed by atoms with Gasteiger partial charge in [-0.3, -0.25) is 9.59 Å². The minimum Gasteiger partial charge on any atom is -0.508 e. The Hall–Kier alpha value is -4.20. The largest absolute Gasteiger partial charge is 0.508 e. The molecule has 0 amide bonds. The van der Waals surface area contributed by atoms with E-state index in [-0.39, 0.29) is 57.8 Å². The number of ether oxygens (including phenoxy) is 2. The summed E-state index contributed by atoms with van der Waals surface area (Å²) in [6.07, 6.45) is 16.2. The molecule has 220 valence electrons.